The predicted molar refractivity (Wildman–Crippen MR) is 84.8 cm³/mol. The van der Waals surface area contributed by atoms with Crippen LogP contribution in [-0.4, -0.2) is 33.6 Å². The molecule has 2 aromatic heterocycles. The van der Waals surface area contributed by atoms with E-state index < -0.39 is 6.17 Å². The molecule has 0 amide bonds. The molecule has 1 aromatic carbocycles. The van der Waals surface area contributed by atoms with Gasteiger partial charge < -0.3 is 4.90 Å². The second-order valence-corrected chi connectivity index (χ2v) is 5.65. The lowest BCUT2D eigenvalue weighted by Gasteiger charge is -2.29. The van der Waals surface area contributed by atoms with Crippen LogP contribution in [-0.2, 0) is 0 Å². The number of alkyl halides is 1. The lowest BCUT2D eigenvalue weighted by Crippen LogP contribution is -2.34. The molecule has 0 unspecified atom stereocenters. The fraction of sp³-hybridized carbons (Fsp3) is 0.294. The van der Waals surface area contributed by atoms with E-state index in [1.54, 1.807) is 0 Å². The Kier molecular flexibility index (Phi) is 3.25. The van der Waals surface area contributed by atoms with E-state index in [1.807, 2.05) is 53.2 Å². The predicted octanol–water partition coefficient (Wildman–Crippen LogP) is 3.33. The maximum Gasteiger partial charge on any atom is 0.236 e. The molecule has 1 fully saturated rings. The van der Waals surface area contributed by atoms with Crippen LogP contribution in [0.5, 0.6) is 0 Å². The van der Waals surface area contributed by atoms with Crippen molar-refractivity contribution in [3.05, 3.63) is 48.8 Å². The lowest BCUT2D eigenvalue weighted by molar-refractivity contribution is 0.277. The molecular formula is C17H17FN4. The molecule has 0 radical (unpaired) electrons. The number of aromatic nitrogens is 3. The average Bonchev–Trinajstić information content (AvgIpc) is 2.99. The Labute approximate surface area is 128 Å². The summed E-state index contributed by atoms with van der Waals surface area (Å²) in [6.45, 7) is 1.44. The van der Waals surface area contributed by atoms with Crippen LogP contribution >= 0.6 is 0 Å². The second kappa shape index (κ2) is 5.40. The third-order valence-corrected chi connectivity index (χ3v) is 4.13. The number of anilines is 1. The van der Waals surface area contributed by atoms with Crippen LogP contribution in [0.3, 0.4) is 0 Å². The monoisotopic (exact) mass is 296 g/mol. The van der Waals surface area contributed by atoms with Crippen molar-refractivity contribution in [2.24, 2.45) is 0 Å². The standard InChI is InChI=1S/C17H17FN4/c18-14-6-9-21(10-7-14)16-8-11-22-12-15(19-17(22)20-16)13-4-2-1-3-5-13/h1-5,8,11-12,14H,6-7,9-10H2. The van der Waals surface area contributed by atoms with Gasteiger partial charge in [0.1, 0.15) is 12.0 Å². The van der Waals surface area contributed by atoms with E-state index in [4.69, 9.17) is 0 Å². The molecule has 0 spiro atoms. The van der Waals surface area contributed by atoms with Gasteiger partial charge in [-0.3, -0.25) is 4.40 Å². The third-order valence-electron chi connectivity index (χ3n) is 4.13. The first-order valence-corrected chi connectivity index (χ1v) is 7.60. The first kappa shape index (κ1) is 13.2. The Bertz CT molecular complexity index is 776. The van der Waals surface area contributed by atoms with Crippen molar-refractivity contribution in [3.63, 3.8) is 0 Å². The van der Waals surface area contributed by atoms with E-state index in [0.29, 0.717) is 18.6 Å². The summed E-state index contributed by atoms with van der Waals surface area (Å²) in [7, 11) is 0. The van der Waals surface area contributed by atoms with Gasteiger partial charge in [0.2, 0.25) is 5.78 Å². The minimum absolute atomic E-state index is 0.580. The number of hydrogen-bond acceptors (Lipinski definition) is 3. The highest BCUT2D eigenvalue weighted by atomic mass is 19.1. The topological polar surface area (TPSA) is 33.4 Å². The summed E-state index contributed by atoms with van der Waals surface area (Å²) < 4.78 is 15.2. The van der Waals surface area contributed by atoms with Gasteiger partial charge in [-0.1, -0.05) is 30.3 Å². The molecular weight excluding hydrogens is 279 g/mol. The number of rotatable bonds is 2. The van der Waals surface area contributed by atoms with Gasteiger partial charge in [-0.25, -0.2) is 9.37 Å². The maximum absolute atomic E-state index is 13.3. The number of hydrogen-bond donors (Lipinski definition) is 0. The zero-order valence-electron chi connectivity index (χ0n) is 12.2. The van der Waals surface area contributed by atoms with Gasteiger partial charge in [0.05, 0.1) is 5.69 Å². The van der Waals surface area contributed by atoms with Crippen molar-refractivity contribution >= 4 is 11.6 Å². The Morgan fingerprint density at radius 1 is 1.00 bits per heavy atom. The number of piperidine rings is 1. The van der Waals surface area contributed by atoms with E-state index in [-0.39, 0.29) is 0 Å². The third kappa shape index (κ3) is 2.43. The van der Waals surface area contributed by atoms with Gasteiger partial charge in [-0.05, 0) is 18.9 Å². The molecule has 5 heteroatoms. The number of benzene rings is 1. The summed E-state index contributed by atoms with van der Waals surface area (Å²) >= 11 is 0. The average molecular weight is 296 g/mol. The van der Waals surface area contributed by atoms with Crippen molar-refractivity contribution < 1.29 is 4.39 Å². The molecule has 0 N–H and O–H groups in total. The summed E-state index contributed by atoms with van der Waals surface area (Å²) in [6.07, 6.45) is 4.44. The molecule has 22 heavy (non-hydrogen) atoms. The number of halogens is 1. The quantitative estimate of drug-likeness (QED) is 0.727. The Balaban J connectivity index is 1.66. The SMILES string of the molecule is FC1CCN(c2ccn3cc(-c4ccccc4)nc3n2)CC1. The van der Waals surface area contributed by atoms with Crippen LogP contribution < -0.4 is 4.90 Å². The van der Waals surface area contributed by atoms with Gasteiger partial charge in [-0.15, -0.1) is 0 Å². The number of fused-ring (bicyclic) bond motifs is 1. The summed E-state index contributed by atoms with van der Waals surface area (Å²) in [4.78, 5) is 11.4. The summed E-state index contributed by atoms with van der Waals surface area (Å²) in [5.74, 6) is 1.56. The minimum atomic E-state index is -0.670. The molecule has 0 aliphatic carbocycles. The molecule has 0 bridgehead atoms. The highest BCUT2D eigenvalue weighted by Gasteiger charge is 2.19. The van der Waals surface area contributed by atoms with Crippen molar-refractivity contribution in [3.8, 4) is 11.3 Å². The van der Waals surface area contributed by atoms with E-state index in [2.05, 4.69) is 14.9 Å². The van der Waals surface area contributed by atoms with Gasteiger partial charge in [0, 0.05) is 31.0 Å². The van der Waals surface area contributed by atoms with Crippen LogP contribution in [0.15, 0.2) is 48.8 Å². The van der Waals surface area contributed by atoms with E-state index in [9.17, 15) is 4.39 Å². The van der Waals surface area contributed by atoms with Crippen LogP contribution in [0.4, 0.5) is 10.2 Å². The molecule has 0 atom stereocenters. The summed E-state index contributed by atoms with van der Waals surface area (Å²) in [5.41, 5.74) is 1.99. The molecule has 4 nitrogen and oxygen atoms in total. The van der Waals surface area contributed by atoms with Crippen LogP contribution in [0, 0.1) is 0 Å². The van der Waals surface area contributed by atoms with Gasteiger partial charge in [-0.2, -0.15) is 4.98 Å². The largest absolute Gasteiger partial charge is 0.356 e. The molecule has 0 saturated carbocycles. The fourth-order valence-electron chi connectivity index (χ4n) is 2.86. The van der Waals surface area contributed by atoms with Crippen LogP contribution in [0.1, 0.15) is 12.8 Å². The van der Waals surface area contributed by atoms with Crippen molar-refractivity contribution in [2.45, 2.75) is 19.0 Å². The summed E-state index contributed by atoms with van der Waals surface area (Å²) in [6, 6.07) is 12.0. The molecule has 1 aliphatic heterocycles. The Hall–Kier alpha value is -2.43. The van der Waals surface area contributed by atoms with Crippen molar-refractivity contribution in [1.29, 1.82) is 0 Å². The Morgan fingerprint density at radius 3 is 2.55 bits per heavy atom. The first-order valence-electron chi connectivity index (χ1n) is 7.60. The molecule has 1 aliphatic rings. The second-order valence-electron chi connectivity index (χ2n) is 5.65. The van der Waals surface area contributed by atoms with E-state index in [0.717, 1.165) is 30.2 Å². The normalized spacial score (nSPS) is 16.3. The van der Waals surface area contributed by atoms with E-state index >= 15 is 0 Å². The van der Waals surface area contributed by atoms with Crippen molar-refractivity contribution in [2.75, 3.05) is 18.0 Å². The van der Waals surface area contributed by atoms with Gasteiger partial charge >= 0.3 is 0 Å². The maximum atomic E-state index is 13.3. The molecule has 3 heterocycles. The molecule has 112 valence electrons. The number of nitrogens with zero attached hydrogens (tertiary/aromatic N) is 4. The van der Waals surface area contributed by atoms with Crippen molar-refractivity contribution in [1.82, 2.24) is 14.4 Å². The zero-order valence-corrected chi connectivity index (χ0v) is 12.2. The van der Waals surface area contributed by atoms with Crippen LogP contribution in [0.2, 0.25) is 0 Å². The molecule has 1 saturated heterocycles. The number of imidazole rings is 1. The van der Waals surface area contributed by atoms with Gasteiger partial charge in [0.25, 0.3) is 0 Å². The zero-order chi connectivity index (χ0) is 14.9. The van der Waals surface area contributed by atoms with Crippen LogP contribution in [0.25, 0.3) is 17.0 Å². The Morgan fingerprint density at radius 2 is 1.77 bits per heavy atom. The van der Waals surface area contributed by atoms with E-state index in [1.165, 1.54) is 0 Å². The summed E-state index contributed by atoms with van der Waals surface area (Å²) in [5, 5.41) is 0. The molecule has 3 aromatic rings. The minimum Gasteiger partial charge on any atom is -0.356 e. The van der Waals surface area contributed by atoms with Gasteiger partial charge in [0.15, 0.2) is 0 Å². The molecule has 4 rings (SSSR count). The highest BCUT2D eigenvalue weighted by Crippen LogP contribution is 2.22. The lowest BCUT2D eigenvalue weighted by atomic mass is 10.1. The first-order chi connectivity index (χ1) is 10.8. The smallest absolute Gasteiger partial charge is 0.236 e. The highest BCUT2D eigenvalue weighted by molar-refractivity contribution is 5.61. The fourth-order valence-corrected chi connectivity index (χ4v) is 2.86.